The Morgan fingerprint density at radius 3 is 2.52 bits per heavy atom. The summed E-state index contributed by atoms with van der Waals surface area (Å²) in [5, 5.41) is 11.0. The van der Waals surface area contributed by atoms with E-state index in [9.17, 15) is 9.59 Å². The lowest BCUT2D eigenvalue weighted by Crippen LogP contribution is -2.43. The first-order chi connectivity index (χ1) is 9.81. The van der Waals surface area contributed by atoms with E-state index in [1.165, 1.54) is 0 Å². The number of anilines is 1. The standard InChI is InChI=1S/C15H22N2O4/c1-10(2)14(15(20)16-9-13(18)19)21-12-7-5-6-11(8-12)17(3)4/h5-8,10,14H,9H2,1-4H3,(H,16,20)(H,18,19). The second-order valence-electron chi connectivity index (χ2n) is 5.29. The van der Waals surface area contributed by atoms with Crippen molar-refractivity contribution in [2.75, 3.05) is 25.5 Å². The van der Waals surface area contributed by atoms with Crippen LogP contribution in [-0.2, 0) is 9.59 Å². The van der Waals surface area contributed by atoms with Crippen LogP contribution in [0, 0.1) is 5.92 Å². The van der Waals surface area contributed by atoms with Gasteiger partial charge >= 0.3 is 5.97 Å². The maximum atomic E-state index is 12.0. The summed E-state index contributed by atoms with van der Waals surface area (Å²) in [5.41, 5.74) is 0.959. The van der Waals surface area contributed by atoms with Gasteiger partial charge in [-0.3, -0.25) is 9.59 Å². The van der Waals surface area contributed by atoms with Crippen molar-refractivity contribution in [2.45, 2.75) is 20.0 Å². The summed E-state index contributed by atoms with van der Waals surface area (Å²) in [5.74, 6) is -1.02. The monoisotopic (exact) mass is 294 g/mol. The first-order valence-corrected chi connectivity index (χ1v) is 6.74. The third-order valence-corrected chi connectivity index (χ3v) is 2.87. The number of hydrogen-bond donors (Lipinski definition) is 2. The molecule has 0 bridgehead atoms. The minimum atomic E-state index is -1.08. The Balaban J connectivity index is 2.81. The number of hydrogen-bond acceptors (Lipinski definition) is 4. The maximum Gasteiger partial charge on any atom is 0.322 e. The van der Waals surface area contributed by atoms with Crippen LogP contribution in [0.4, 0.5) is 5.69 Å². The highest BCUT2D eigenvalue weighted by Crippen LogP contribution is 2.22. The molecule has 1 atom stereocenters. The van der Waals surface area contributed by atoms with Gasteiger partial charge in [-0.1, -0.05) is 19.9 Å². The van der Waals surface area contributed by atoms with E-state index in [1.807, 2.05) is 51.0 Å². The first-order valence-electron chi connectivity index (χ1n) is 6.74. The predicted octanol–water partition coefficient (Wildman–Crippen LogP) is 1.36. The molecule has 6 nitrogen and oxygen atoms in total. The van der Waals surface area contributed by atoms with Gasteiger partial charge in [0.15, 0.2) is 6.10 Å². The summed E-state index contributed by atoms with van der Waals surface area (Å²) < 4.78 is 5.73. The van der Waals surface area contributed by atoms with Gasteiger partial charge in [0, 0.05) is 25.8 Å². The van der Waals surface area contributed by atoms with Crippen LogP contribution in [0.15, 0.2) is 24.3 Å². The lowest BCUT2D eigenvalue weighted by molar-refractivity contribution is -0.139. The van der Waals surface area contributed by atoms with Crippen LogP contribution in [0.25, 0.3) is 0 Å². The van der Waals surface area contributed by atoms with E-state index in [0.717, 1.165) is 5.69 Å². The number of benzene rings is 1. The van der Waals surface area contributed by atoms with Crippen LogP contribution in [0.5, 0.6) is 5.75 Å². The highest BCUT2D eigenvalue weighted by atomic mass is 16.5. The molecular weight excluding hydrogens is 272 g/mol. The molecule has 0 saturated heterocycles. The zero-order valence-corrected chi connectivity index (χ0v) is 12.8. The molecule has 1 aromatic carbocycles. The second kappa shape index (κ2) is 7.52. The SMILES string of the molecule is CC(C)C(Oc1cccc(N(C)C)c1)C(=O)NCC(=O)O. The van der Waals surface area contributed by atoms with Gasteiger partial charge in [-0.15, -0.1) is 0 Å². The molecule has 116 valence electrons. The van der Waals surface area contributed by atoms with Gasteiger partial charge in [0.1, 0.15) is 12.3 Å². The summed E-state index contributed by atoms with van der Waals surface area (Å²) >= 11 is 0. The van der Waals surface area contributed by atoms with Gasteiger partial charge in [-0.25, -0.2) is 0 Å². The van der Waals surface area contributed by atoms with Crippen molar-refractivity contribution in [3.05, 3.63) is 24.3 Å². The van der Waals surface area contributed by atoms with Crippen LogP contribution < -0.4 is 15.0 Å². The molecule has 0 saturated carbocycles. The molecule has 0 aliphatic rings. The molecule has 0 aliphatic carbocycles. The summed E-state index contributed by atoms with van der Waals surface area (Å²) in [6.07, 6.45) is -0.734. The third kappa shape index (κ3) is 5.33. The van der Waals surface area contributed by atoms with E-state index in [0.29, 0.717) is 5.75 Å². The molecule has 0 spiro atoms. The lowest BCUT2D eigenvalue weighted by atomic mass is 10.1. The Kier molecular flexibility index (Phi) is 6.02. The quantitative estimate of drug-likeness (QED) is 0.794. The molecular formula is C15H22N2O4. The van der Waals surface area contributed by atoms with E-state index in [-0.39, 0.29) is 5.92 Å². The number of nitrogens with zero attached hydrogens (tertiary/aromatic N) is 1. The number of nitrogens with one attached hydrogen (secondary N) is 1. The molecule has 1 aromatic rings. The van der Waals surface area contributed by atoms with Crippen molar-refractivity contribution in [1.29, 1.82) is 0 Å². The number of carbonyl (C=O) groups is 2. The van der Waals surface area contributed by atoms with Crippen LogP contribution in [0.3, 0.4) is 0 Å². The first kappa shape index (κ1) is 16.8. The van der Waals surface area contributed by atoms with Gasteiger partial charge in [-0.2, -0.15) is 0 Å². The Hall–Kier alpha value is -2.24. The molecule has 1 unspecified atom stereocenters. The average Bonchev–Trinajstić information content (AvgIpc) is 2.42. The van der Waals surface area contributed by atoms with E-state index in [1.54, 1.807) is 6.07 Å². The van der Waals surface area contributed by atoms with Crippen LogP contribution >= 0.6 is 0 Å². The minimum absolute atomic E-state index is 0.0817. The molecule has 0 radical (unpaired) electrons. The molecule has 0 aromatic heterocycles. The van der Waals surface area contributed by atoms with Gasteiger partial charge in [-0.05, 0) is 18.1 Å². The number of carboxylic acid groups (broad SMARTS) is 1. The molecule has 6 heteroatoms. The lowest BCUT2D eigenvalue weighted by Gasteiger charge is -2.22. The van der Waals surface area contributed by atoms with Gasteiger partial charge in [0.25, 0.3) is 5.91 Å². The van der Waals surface area contributed by atoms with Crippen LogP contribution in [0.1, 0.15) is 13.8 Å². The van der Waals surface area contributed by atoms with Crippen molar-refractivity contribution in [3.63, 3.8) is 0 Å². The predicted molar refractivity (Wildman–Crippen MR) is 80.7 cm³/mol. The molecule has 0 aliphatic heterocycles. The number of rotatable bonds is 7. The summed E-state index contributed by atoms with van der Waals surface area (Å²) in [6.45, 7) is 3.28. The van der Waals surface area contributed by atoms with Gasteiger partial charge < -0.3 is 20.1 Å². The van der Waals surface area contributed by atoms with Crippen molar-refractivity contribution < 1.29 is 19.4 Å². The van der Waals surface area contributed by atoms with Crippen molar-refractivity contribution in [3.8, 4) is 5.75 Å². The number of carbonyl (C=O) groups excluding carboxylic acids is 1. The molecule has 1 rings (SSSR count). The fraction of sp³-hybridized carbons (Fsp3) is 0.467. The minimum Gasteiger partial charge on any atom is -0.480 e. The number of aliphatic carboxylic acids is 1. The third-order valence-electron chi connectivity index (χ3n) is 2.87. The number of carboxylic acids is 1. The van der Waals surface area contributed by atoms with Crippen molar-refractivity contribution >= 4 is 17.6 Å². The van der Waals surface area contributed by atoms with E-state index in [2.05, 4.69) is 5.32 Å². The Labute approximate surface area is 124 Å². The van der Waals surface area contributed by atoms with Crippen LogP contribution in [-0.4, -0.2) is 43.7 Å². The van der Waals surface area contributed by atoms with E-state index < -0.39 is 24.5 Å². The van der Waals surface area contributed by atoms with E-state index >= 15 is 0 Å². The summed E-state index contributed by atoms with van der Waals surface area (Å²) in [6, 6.07) is 7.38. The average molecular weight is 294 g/mol. The zero-order chi connectivity index (χ0) is 16.0. The maximum absolute atomic E-state index is 12.0. The van der Waals surface area contributed by atoms with Gasteiger partial charge in [0.05, 0.1) is 0 Å². The van der Waals surface area contributed by atoms with Gasteiger partial charge in [0.2, 0.25) is 0 Å². The Bertz CT molecular complexity index is 500. The molecule has 21 heavy (non-hydrogen) atoms. The highest BCUT2D eigenvalue weighted by Gasteiger charge is 2.24. The topological polar surface area (TPSA) is 78.9 Å². The van der Waals surface area contributed by atoms with Crippen LogP contribution in [0.2, 0.25) is 0 Å². The zero-order valence-electron chi connectivity index (χ0n) is 12.8. The van der Waals surface area contributed by atoms with Crippen molar-refractivity contribution in [1.82, 2.24) is 5.32 Å². The molecule has 1 amide bonds. The smallest absolute Gasteiger partial charge is 0.322 e. The highest BCUT2D eigenvalue weighted by molar-refractivity contribution is 5.85. The fourth-order valence-electron chi connectivity index (χ4n) is 1.74. The Morgan fingerprint density at radius 2 is 2.00 bits per heavy atom. The Morgan fingerprint density at radius 1 is 1.33 bits per heavy atom. The fourth-order valence-corrected chi connectivity index (χ4v) is 1.74. The number of ether oxygens (including phenoxy) is 1. The number of amides is 1. The largest absolute Gasteiger partial charge is 0.480 e. The molecule has 0 heterocycles. The molecule has 0 fully saturated rings. The van der Waals surface area contributed by atoms with E-state index in [4.69, 9.17) is 9.84 Å². The second-order valence-corrected chi connectivity index (χ2v) is 5.29. The molecule has 2 N–H and O–H groups in total. The summed E-state index contributed by atoms with van der Waals surface area (Å²) in [4.78, 5) is 24.4. The summed E-state index contributed by atoms with van der Waals surface area (Å²) in [7, 11) is 3.83. The normalized spacial score (nSPS) is 11.9. The van der Waals surface area contributed by atoms with Crippen molar-refractivity contribution in [2.24, 2.45) is 5.92 Å².